The van der Waals surface area contributed by atoms with Crippen molar-refractivity contribution >= 4 is 10.0 Å². The van der Waals surface area contributed by atoms with Crippen LogP contribution in [0.2, 0.25) is 0 Å². The first-order chi connectivity index (χ1) is 9.02. The van der Waals surface area contributed by atoms with Crippen molar-refractivity contribution in [1.29, 1.82) is 0 Å². The molecule has 1 N–H and O–H groups in total. The summed E-state index contributed by atoms with van der Waals surface area (Å²) in [7, 11) is 1.47. The van der Waals surface area contributed by atoms with Gasteiger partial charge in [-0.3, -0.25) is 0 Å². The van der Waals surface area contributed by atoms with Gasteiger partial charge in [-0.25, -0.2) is 13.4 Å². The van der Waals surface area contributed by atoms with E-state index in [4.69, 9.17) is 4.74 Å². The molecular formula is C12H21N3O3S. The Morgan fingerprint density at radius 3 is 2.68 bits per heavy atom. The van der Waals surface area contributed by atoms with Gasteiger partial charge < -0.3 is 10.1 Å². The van der Waals surface area contributed by atoms with Crippen molar-refractivity contribution in [3.8, 4) is 0 Å². The Balaban J connectivity index is 2.75. The summed E-state index contributed by atoms with van der Waals surface area (Å²) < 4.78 is 30.6. The van der Waals surface area contributed by atoms with Crippen LogP contribution in [0.4, 0.5) is 0 Å². The number of hydrogen-bond acceptors (Lipinski definition) is 5. The van der Waals surface area contributed by atoms with Crippen LogP contribution in [0.3, 0.4) is 0 Å². The van der Waals surface area contributed by atoms with Gasteiger partial charge in [0.15, 0.2) is 5.03 Å². The highest BCUT2D eigenvalue weighted by Crippen LogP contribution is 2.12. The maximum absolute atomic E-state index is 12.2. The van der Waals surface area contributed by atoms with E-state index in [2.05, 4.69) is 10.3 Å². The first kappa shape index (κ1) is 16.0. The monoisotopic (exact) mass is 287 g/mol. The topological polar surface area (TPSA) is 71.5 Å². The molecule has 0 unspecified atom stereocenters. The zero-order chi connectivity index (χ0) is 14.3. The third-order valence-corrected chi connectivity index (χ3v) is 4.45. The summed E-state index contributed by atoms with van der Waals surface area (Å²) >= 11 is 0. The molecule has 1 heterocycles. The SMILES string of the molecule is CNCc1ccc(S(=O)(=O)N(C)CCCOC)nc1. The van der Waals surface area contributed by atoms with E-state index in [0.29, 0.717) is 26.1 Å². The molecule has 0 amide bonds. The zero-order valence-corrected chi connectivity index (χ0v) is 12.4. The van der Waals surface area contributed by atoms with Crippen molar-refractivity contribution in [1.82, 2.24) is 14.6 Å². The number of sulfonamides is 1. The van der Waals surface area contributed by atoms with E-state index in [1.54, 1.807) is 26.4 Å². The average Bonchev–Trinajstić information content (AvgIpc) is 2.40. The van der Waals surface area contributed by atoms with Gasteiger partial charge in [0.1, 0.15) is 0 Å². The lowest BCUT2D eigenvalue weighted by Gasteiger charge is -2.16. The predicted molar refractivity (Wildman–Crippen MR) is 73.3 cm³/mol. The lowest BCUT2D eigenvalue weighted by molar-refractivity contribution is 0.189. The van der Waals surface area contributed by atoms with Gasteiger partial charge in [0.05, 0.1) is 0 Å². The van der Waals surface area contributed by atoms with Crippen molar-refractivity contribution < 1.29 is 13.2 Å². The Labute approximate surface area is 114 Å². The van der Waals surface area contributed by atoms with Gasteiger partial charge in [-0.15, -0.1) is 0 Å². The highest BCUT2D eigenvalue weighted by atomic mass is 32.2. The van der Waals surface area contributed by atoms with Crippen molar-refractivity contribution in [3.05, 3.63) is 23.9 Å². The number of pyridine rings is 1. The van der Waals surface area contributed by atoms with Crippen LogP contribution in [-0.2, 0) is 21.3 Å². The van der Waals surface area contributed by atoms with Crippen LogP contribution in [0, 0.1) is 0 Å². The minimum atomic E-state index is -3.50. The van der Waals surface area contributed by atoms with Crippen LogP contribution in [0.25, 0.3) is 0 Å². The number of nitrogens with zero attached hydrogens (tertiary/aromatic N) is 2. The Morgan fingerprint density at radius 1 is 1.42 bits per heavy atom. The van der Waals surface area contributed by atoms with E-state index in [-0.39, 0.29) is 5.03 Å². The second kappa shape index (κ2) is 7.54. The van der Waals surface area contributed by atoms with Crippen LogP contribution in [0.15, 0.2) is 23.4 Å². The van der Waals surface area contributed by atoms with Gasteiger partial charge in [0.25, 0.3) is 10.0 Å². The molecule has 0 aliphatic heterocycles. The molecule has 6 nitrogen and oxygen atoms in total. The molecule has 7 heteroatoms. The largest absolute Gasteiger partial charge is 0.385 e. The summed E-state index contributed by atoms with van der Waals surface area (Å²) in [6, 6.07) is 3.30. The fraction of sp³-hybridized carbons (Fsp3) is 0.583. The summed E-state index contributed by atoms with van der Waals surface area (Å²) in [4.78, 5) is 4.02. The van der Waals surface area contributed by atoms with Gasteiger partial charge in [-0.2, -0.15) is 4.31 Å². The number of aromatic nitrogens is 1. The van der Waals surface area contributed by atoms with Crippen LogP contribution in [-0.4, -0.2) is 52.1 Å². The quantitative estimate of drug-likeness (QED) is 0.703. The third-order valence-electron chi connectivity index (χ3n) is 2.67. The molecule has 0 spiro atoms. The molecule has 0 fully saturated rings. The van der Waals surface area contributed by atoms with Crippen LogP contribution in [0.1, 0.15) is 12.0 Å². The smallest absolute Gasteiger partial charge is 0.260 e. The zero-order valence-electron chi connectivity index (χ0n) is 11.6. The van der Waals surface area contributed by atoms with Crippen LogP contribution < -0.4 is 5.32 Å². The molecule has 0 saturated carbocycles. The molecule has 0 radical (unpaired) electrons. The second-order valence-corrected chi connectivity index (χ2v) is 6.20. The maximum atomic E-state index is 12.2. The molecule has 1 aromatic rings. The van der Waals surface area contributed by atoms with Crippen molar-refractivity contribution in [2.24, 2.45) is 0 Å². The number of rotatable bonds is 8. The highest BCUT2D eigenvalue weighted by molar-refractivity contribution is 7.89. The normalized spacial score (nSPS) is 12.0. The van der Waals surface area contributed by atoms with E-state index in [9.17, 15) is 8.42 Å². The summed E-state index contributed by atoms with van der Waals surface area (Å²) in [5.41, 5.74) is 0.948. The Bertz CT molecular complexity index is 473. The summed E-state index contributed by atoms with van der Waals surface area (Å²) in [6.07, 6.45) is 2.23. The van der Waals surface area contributed by atoms with Gasteiger partial charge in [-0.1, -0.05) is 6.07 Å². The van der Waals surface area contributed by atoms with E-state index in [1.165, 1.54) is 10.4 Å². The van der Waals surface area contributed by atoms with E-state index in [1.807, 2.05) is 7.05 Å². The standard InChI is InChI=1S/C12H21N3O3S/c1-13-9-11-5-6-12(14-10-11)19(16,17)15(2)7-4-8-18-3/h5-6,10,13H,4,7-9H2,1-3H3. The Kier molecular flexibility index (Phi) is 6.36. The number of nitrogens with one attached hydrogen (secondary N) is 1. The number of hydrogen-bond donors (Lipinski definition) is 1. The van der Waals surface area contributed by atoms with Gasteiger partial charge >= 0.3 is 0 Å². The molecule has 0 aromatic carbocycles. The summed E-state index contributed by atoms with van der Waals surface area (Å²) in [6.45, 7) is 1.61. The molecule has 1 rings (SSSR count). The first-order valence-electron chi connectivity index (χ1n) is 6.07. The third kappa shape index (κ3) is 4.54. The van der Waals surface area contributed by atoms with Gasteiger partial charge in [-0.05, 0) is 25.1 Å². The van der Waals surface area contributed by atoms with E-state index in [0.717, 1.165) is 5.56 Å². The lowest BCUT2D eigenvalue weighted by atomic mass is 10.3. The minimum absolute atomic E-state index is 0.0762. The molecule has 0 aliphatic rings. The summed E-state index contributed by atoms with van der Waals surface area (Å²) in [5, 5.41) is 3.06. The summed E-state index contributed by atoms with van der Waals surface area (Å²) in [5.74, 6) is 0. The molecule has 19 heavy (non-hydrogen) atoms. The van der Waals surface area contributed by atoms with Crippen molar-refractivity contribution in [2.45, 2.75) is 18.0 Å². The lowest BCUT2D eigenvalue weighted by Crippen LogP contribution is -2.29. The maximum Gasteiger partial charge on any atom is 0.260 e. The van der Waals surface area contributed by atoms with Gasteiger partial charge in [0, 0.05) is 40.1 Å². The fourth-order valence-electron chi connectivity index (χ4n) is 1.58. The van der Waals surface area contributed by atoms with Gasteiger partial charge in [0.2, 0.25) is 0 Å². The first-order valence-corrected chi connectivity index (χ1v) is 7.51. The van der Waals surface area contributed by atoms with E-state index < -0.39 is 10.0 Å². The molecule has 108 valence electrons. The van der Waals surface area contributed by atoms with Crippen LogP contribution in [0.5, 0.6) is 0 Å². The average molecular weight is 287 g/mol. The van der Waals surface area contributed by atoms with Crippen molar-refractivity contribution in [3.63, 3.8) is 0 Å². The molecule has 0 aliphatic carbocycles. The molecule has 1 aromatic heterocycles. The van der Waals surface area contributed by atoms with Crippen LogP contribution >= 0.6 is 0 Å². The Hall–Kier alpha value is -1.02. The molecule has 0 atom stereocenters. The van der Waals surface area contributed by atoms with E-state index >= 15 is 0 Å². The minimum Gasteiger partial charge on any atom is -0.385 e. The number of ether oxygens (including phenoxy) is 1. The Morgan fingerprint density at radius 2 is 2.16 bits per heavy atom. The predicted octanol–water partition coefficient (Wildman–Crippen LogP) is 0.458. The van der Waals surface area contributed by atoms with Crippen molar-refractivity contribution in [2.75, 3.05) is 34.4 Å². The number of methoxy groups -OCH3 is 1. The fourth-order valence-corrected chi connectivity index (χ4v) is 2.70. The molecule has 0 bridgehead atoms. The highest BCUT2D eigenvalue weighted by Gasteiger charge is 2.21. The molecule has 0 saturated heterocycles. The molecular weight excluding hydrogens is 266 g/mol. The second-order valence-electron chi connectivity index (χ2n) is 4.21.